The first-order valence-corrected chi connectivity index (χ1v) is 7.34. The van der Waals surface area contributed by atoms with Crippen molar-refractivity contribution in [2.24, 2.45) is 10.9 Å². The molecule has 0 spiro atoms. The fourth-order valence-corrected chi connectivity index (χ4v) is 1.69. The Hall–Kier alpha value is -1.71. The van der Waals surface area contributed by atoms with E-state index in [4.69, 9.17) is 4.74 Å². The molecule has 0 heterocycles. The Morgan fingerprint density at radius 2 is 1.85 bits per heavy atom. The van der Waals surface area contributed by atoms with Crippen LogP contribution in [0.1, 0.15) is 26.7 Å². The fourth-order valence-electron chi connectivity index (χ4n) is 1.69. The lowest BCUT2D eigenvalue weighted by Gasteiger charge is -2.13. The van der Waals surface area contributed by atoms with Crippen molar-refractivity contribution >= 4 is 5.96 Å². The summed E-state index contributed by atoms with van der Waals surface area (Å²) in [4.78, 5) is 4.19. The van der Waals surface area contributed by atoms with Crippen LogP contribution in [0, 0.1) is 5.92 Å². The summed E-state index contributed by atoms with van der Waals surface area (Å²) in [7, 11) is 1.80. The number of nitrogens with one attached hydrogen (secondary N) is 2. The molecule has 0 amide bonds. The number of aliphatic imine (C=N–C) groups is 1. The first kappa shape index (κ1) is 16.3. The minimum atomic E-state index is 0.708. The van der Waals surface area contributed by atoms with E-state index in [0.29, 0.717) is 12.5 Å². The molecule has 112 valence electrons. The molecule has 0 unspecified atom stereocenters. The summed E-state index contributed by atoms with van der Waals surface area (Å²) in [6, 6.07) is 9.89. The molecule has 0 saturated carbocycles. The normalized spacial score (nSPS) is 11.5. The second kappa shape index (κ2) is 10.1. The number of para-hydroxylation sites is 1. The molecular weight excluding hydrogens is 250 g/mol. The van der Waals surface area contributed by atoms with Crippen LogP contribution in [0.4, 0.5) is 0 Å². The van der Waals surface area contributed by atoms with E-state index in [-0.39, 0.29) is 0 Å². The highest BCUT2D eigenvalue weighted by molar-refractivity contribution is 5.79. The molecule has 0 aliphatic carbocycles. The van der Waals surface area contributed by atoms with Gasteiger partial charge in [0, 0.05) is 20.1 Å². The summed E-state index contributed by atoms with van der Waals surface area (Å²) in [6.45, 7) is 6.96. The third-order valence-electron chi connectivity index (χ3n) is 2.86. The van der Waals surface area contributed by atoms with Crippen LogP contribution in [0.25, 0.3) is 0 Å². The number of benzene rings is 1. The van der Waals surface area contributed by atoms with Gasteiger partial charge in [-0.25, -0.2) is 0 Å². The Kier molecular flexibility index (Phi) is 8.27. The van der Waals surface area contributed by atoms with E-state index in [0.717, 1.165) is 37.6 Å². The largest absolute Gasteiger partial charge is 0.494 e. The summed E-state index contributed by atoms with van der Waals surface area (Å²) in [6.07, 6.45) is 2.09. The summed E-state index contributed by atoms with van der Waals surface area (Å²) >= 11 is 0. The quantitative estimate of drug-likeness (QED) is 0.436. The average molecular weight is 277 g/mol. The molecule has 20 heavy (non-hydrogen) atoms. The van der Waals surface area contributed by atoms with Gasteiger partial charge in [0.05, 0.1) is 6.61 Å². The maximum absolute atomic E-state index is 5.63. The third kappa shape index (κ3) is 7.67. The second-order valence-corrected chi connectivity index (χ2v) is 5.12. The van der Waals surface area contributed by atoms with E-state index >= 15 is 0 Å². The molecule has 4 nitrogen and oxygen atoms in total. The van der Waals surface area contributed by atoms with Gasteiger partial charge >= 0.3 is 0 Å². The van der Waals surface area contributed by atoms with Crippen molar-refractivity contribution in [3.8, 4) is 5.75 Å². The molecule has 1 aromatic carbocycles. The number of guanidine groups is 1. The second-order valence-electron chi connectivity index (χ2n) is 5.12. The molecule has 4 heteroatoms. The van der Waals surface area contributed by atoms with Crippen molar-refractivity contribution in [1.82, 2.24) is 10.6 Å². The van der Waals surface area contributed by atoms with Gasteiger partial charge in [-0.3, -0.25) is 4.99 Å². The highest BCUT2D eigenvalue weighted by atomic mass is 16.5. The van der Waals surface area contributed by atoms with Gasteiger partial charge in [-0.15, -0.1) is 0 Å². The van der Waals surface area contributed by atoms with Crippen molar-refractivity contribution < 1.29 is 4.74 Å². The first-order valence-electron chi connectivity index (χ1n) is 7.34. The molecule has 1 aromatic rings. The van der Waals surface area contributed by atoms with Gasteiger partial charge in [0.1, 0.15) is 5.75 Å². The molecule has 1 rings (SSSR count). The van der Waals surface area contributed by atoms with Gasteiger partial charge in [-0.1, -0.05) is 32.0 Å². The van der Waals surface area contributed by atoms with Crippen molar-refractivity contribution in [3.05, 3.63) is 30.3 Å². The molecule has 0 radical (unpaired) electrons. The molecular formula is C16H27N3O. The van der Waals surface area contributed by atoms with Gasteiger partial charge in [-0.05, 0) is 30.9 Å². The van der Waals surface area contributed by atoms with Gasteiger partial charge in [0.2, 0.25) is 0 Å². The summed E-state index contributed by atoms with van der Waals surface area (Å²) in [5.41, 5.74) is 0. The summed E-state index contributed by atoms with van der Waals surface area (Å²) < 4.78 is 5.63. The number of hydrogen-bond donors (Lipinski definition) is 2. The van der Waals surface area contributed by atoms with Crippen molar-refractivity contribution in [2.75, 3.05) is 26.7 Å². The molecule has 0 aliphatic heterocycles. The molecule has 0 aromatic heterocycles. The van der Waals surface area contributed by atoms with Gasteiger partial charge in [0.25, 0.3) is 0 Å². The Labute approximate surface area is 122 Å². The Morgan fingerprint density at radius 1 is 1.15 bits per heavy atom. The van der Waals surface area contributed by atoms with Gasteiger partial charge in [-0.2, -0.15) is 0 Å². The monoisotopic (exact) mass is 277 g/mol. The van der Waals surface area contributed by atoms with Crippen LogP contribution in [0.3, 0.4) is 0 Å². The molecule has 0 bridgehead atoms. The number of nitrogens with zero attached hydrogens (tertiary/aromatic N) is 1. The van der Waals surface area contributed by atoms with E-state index in [2.05, 4.69) is 29.5 Å². The van der Waals surface area contributed by atoms with Gasteiger partial charge < -0.3 is 15.4 Å². The SMILES string of the molecule is CN=C(NCCCOc1ccccc1)NCCC(C)C. The highest BCUT2D eigenvalue weighted by Crippen LogP contribution is 2.07. The lowest BCUT2D eigenvalue weighted by Crippen LogP contribution is -2.38. The Balaban J connectivity index is 2.07. The first-order chi connectivity index (χ1) is 9.72. The van der Waals surface area contributed by atoms with Crippen LogP contribution in [0.5, 0.6) is 5.75 Å². The standard InChI is InChI=1S/C16H27N3O/c1-14(2)10-12-19-16(17-3)18-11-7-13-20-15-8-5-4-6-9-15/h4-6,8-9,14H,7,10-13H2,1-3H3,(H2,17,18,19). The van der Waals surface area contributed by atoms with Crippen molar-refractivity contribution in [1.29, 1.82) is 0 Å². The third-order valence-corrected chi connectivity index (χ3v) is 2.86. The smallest absolute Gasteiger partial charge is 0.190 e. The maximum Gasteiger partial charge on any atom is 0.190 e. The molecule has 0 fully saturated rings. The van der Waals surface area contributed by atoms with Crippen LogP contribution in [-0.2, 0) is 0 Å². The lowest BCUT2D eigenvalue weighted by molar-refractivity contribution is 0.311. The van der Waals surface area contributed by atoms with E-state index in [1.807, 2.05) is 30.3 Å². The summed E-state index contributed by atoms with van der Waals surface area (Å²) in [5.74, 6) is 2.50. The van der Waals surface area contributed by atoms with Gasteiger partial charge in [0.15, 0.2) is 5.96 Å². The molecule has 0 atom stereocenters. The molecule has 0 aliphatic rings. The summed E-state index contributed by atoms with van der Waals surface area (Å²) in [5, 5.41) is 6.60. The zero-order valence-electron chi connectivity index (χ0n) is 12.9. The topological polar surface area (TPSA) is 45.7 Å². The van der Waals surface area contributed by atoms with Crippen LogP contribution in [0.15, 0.2) is 35.3 Å². The molecule has 2 N–H and O–H groups in total. The zero-order valence-corrected chi connectivity index (χ0v) is 12.9. The van der Waals surface area contributed by atoms with E-state index in [1.54, 1.807) is 7.05 Å². The maximum atomic E-state index is 5.63. The number of ether oxygens (including phenoxy) is 1. The fraction of sp³-hybridized carbons (Fsp3) is 0.562. The predicted octanol–water partition coefficient (Wildman–Crippen LogP) is 2.67. The number of rotatable bonds is 8. The van der Waals surface area contributed by atoms with E-state index in [9.17, 15) is 0 Å². The predicted molar refractivity (Wildman–Crippen MR) is 85.4 cm³/mol. The zero-order chi connectivity index (χ0) is 14.6. The lowest BCUT2D eigenvalue weighted by atomic mass is 10.1. The van der Waals surface area contributed by atoms with Crippen LogP contribution in [-0.4, -0.2) is 32.7 Å². The number of hydrogen-bond acceptors (Lipinski definition) is 2. The minimum Gasteiger partial charge on any atom is -0.494 e. The average Bonchev–Trinajstić information content (AvgIpc) is 2.46. The van der Waals surface area contributed by atoms with E-state index < -0.39 is 0 Å². The van der Waals surface area contributed by atoms with Crippen molar-refractivity contribution in [2.45, 2.75) is 26.7 Å². The minimum absolute atomic E-state index is 0.708. The Morgan fingerprint density at radius 3 is 2.50 bits per heavy atom. The van der Waals surface area contributed by atoms with Crippen LogP contribution < -0.4 is 15.4 Å². The van der Waals surface area contributed by atoms with E-state index in [1.165, 1.54) is 0 Å². The highest BCUT2D eigenvalue weighted by Gasteiger charge is 1.98. The van der Waals surface area contributed by atoms with Crippen LogP contribution in [0.2, 0.25) is 0 Å². The Bertz CT molecular complexity index is 377. The molecule has 0 saturated heterocycles. The van der Waals surface area contributed by atoms with Crippen molar-refractivity contribution in [3.63, 3.8) is 0 Å². The van der Waals surface area contributed by atoms with Crippen LogP contribution >= 0.6 is 0 Å².